The zero-order valence-electron chi connectivity index (χ0n) is 15.4. The van der Waals surface area contributed by atoms with Gasteiger partial charge in [-0.2, -0.15) is 0 Å². The van der Waals surface area contributed by atoms with Gasteiger partial charge in [0, 0.05) is 25.0 Å². The molecule has 150 valence electrons. The molecule has 0 unspecified atom stereocenters. The Hall–Kier alpha value is -2.91. The highest BCUT2D eigenvalue weighted by Crippen LogP contribution is 2.32. The number of carbonyl (C=O) groups excluding carboxylic acids is 3. The van der Waals surface area contributed by atoms with E-state index in [-0.39, 0.29) is 17.4 Å². The molecule has 7 nitrogen and oxygen atoms in total. The number of hydrogen-bond donors (Lipinski definition) is 0. The monoisotopic (exact) mass is 415 g/mol. The molecule has 0 spiro atoms. The highest BCUT2D eigenvalue weighted by atomic mass is 32.2. The first-order valence-corrected chi connectivity index (χ1v) is 9.89. The molecule has 3 amide bonds. The minimum Gasteiger partial charge on any atom is -0.378 e. The Morgan fingerprint density at radius 1 is 1.14 bits per heavy atom. The molecule has 0 saturated carbocycles. The number of carbonyl (C=O) groups is 3. The normalized spacial score (nSPS) is 18.7. The van der Waals surface area contributed by atoms with Crippen molar-refractivity contribution in [3.8, 4) is 5.69 Å². The molecule has 1 aromatic heterocycles. The van der Waals surface area contributed by atoms with Crippen molar-refractivity contribution in [1.29, 1.82) is 0 Å². The van der Waals surface area contributed by atoms with Gasteiger partial charge in [-0.15, -0.1) is 0 Å². The third kappa shape index (κ3) is 3.96. The number of thioether (sulfide) groups is 1. The summed E-state index contributed by atoms with van der Waals surface area (Å²) in [7, 11) is 0. The summed E-state index contributed by atoms with van der Waals surface area (Å²) in [6.45, 7) is 1.49. The second kappa shape index (κ2) is 8.22. The van der Waals surface area contributed by atoms with Crippen LogP contribution in [0.4, 0.5) is 9.18 Å². The Bertz CT molecular complexity index is 997. The van der Waals surface area contributed by atoms with Crippen LogP contribution in [0.15, 0.2) is 47.5 Å². The zero-order chi connectivity index (χ0) is 20.4. The fraction of sp³-hybridized carbons (Fsp3) is 0.250. The van der Waals surface area contributed by atoms with Gasteiger partial charge in [0.15, 0.2) is 0 Å². The fourth-order valence-electron chi connectivity index (χ4n) is 3.20. The molecule has 2 aromatic rings. The van der Waals surface area contributed by atoms with Gasteiger partial charge in [0.25, 0.3) is 11.1 Å². The first kappa shape index (κ1) is 19.4. The van der Waals surface area contributed by atoms with Crippen molar-refractivity contribution in [3.05, 3.63) is 59.0 Å². The molecule has 0 N–H and O–H groups in total. The number of imide groups is 1. The fourth-order valence-corrected chi connectivity index (χ4v) is 4.02. The van der Waals surface area contributed by atoms with Crippen LogP contribution in [-0.2, 0) is 14.3 Å². The SMILES string of the molecule is O=C(CN1C(=O)S/C(=C/c2cccn2-c2ccccc2F)C1=O)N1CCOCC1. The summed E-state index contributed by atoms with van der Waals surface area (Å²) in [5.41, 5.74) is 0.894. The van der Waals surface area contributed by atoms with E-state index in [1.807, 2.05) is 0 Å². The minimum absolute atomic E-state index is 0.195. The first-order valence-electron chi connectivity index (χ1n) is 9.08. The van der Waals surface area contributed by atoms with Crippen molar-refractivity contribution in [1.82, 2.24) is 14.4 Å². The molecule has 1 aromatic carbocycles. The van der Waals surface area contributed by atoms with E-state index < -0.39 is 17.0 Å². The topological polar surface area (TPSA) is 71.9 Å². The third-order valence-corrected chi connectivity index (χ3v) is 5.61. The van der Waals surface area contributed by atoms with E-state index in [0.29, 0.717) is 37.7 Å². The standard InChI is InChI=1S/C20H18FN3O4S/c21-15-5-1-2-6-16(15)23-7-3-4-14(23)12-17-19(26)24(20(27)29-17)13-18(25)22-8-10-28-11-9-22/h1-7,12H,8-11,13H2/b17-12+. The van der Waals surface area contributed by atoms with Crippen LogP contribution in [0.25, 0.3) is 11.8 Å². The Balaban J connectivity index is 1.54. The number of benzene rings is 1. The maximum absolute atomic E-state index is 14.1. The van der Waals surface area contributed by atoms with E-state index in [1.165, 1.54) is 12.1 Å². The molecule has 2 saturated heterocycles. The average molecular weight is 415 g/mol. The van der Waals surface area contributed by atoms with Gasteiger partial charge in [-0.3, -0.25) is 19.3 Å². The van der Waals surface area contributed by atoms with Crippen molar-refractivity contribution in [3.63, 3.8) is 0 Å². The quantitative estimate of drug-likeness (QED) is 0.718. The smallest absolute Gasteiger partial charge is 0.294 e. The molecular formula is C20H18FN3O4S. The third-order valence-electron chi connectivity index (χ3n) is 4.70. The Morgan fingerprint density at radius 3 is 2.66 bits per heavy atom. The number of ether oxygens (including phenoxy) is 1. The van der Waals surface area contributed by atoms with E-state index in [0.717, 1.165) is 16.7 Å². The van der Waals surface area contributed by atoms with E-state index in [1.54, 1.807) is 46.0 Å². The van der Waals surface area contributed by atoms with Crippen molar-refractivity contribution in [2.75, 3.05) is 32.8 Å². The lowest BCUT2D eigenvalue weighted by molar-refractivity contribution is -0.139. The predicted octanol–water partition coefficient (Wildman–Crippen LogP) is 2.51. The predicted molar refractivity (Wildman–Crippen MR) is 106 cm³/mol. The van der Waals surface area contributed by atoms with Gasteiger partial charge in [0.05, 0.1) is 23.8 Å². The van der Waals surface area contributed by atoms with Crippen molar-refractivity contribution < 1.29 is 23.5 Å². The lowest BCUT2D eigenvalue weighted by Gasteiger charge is -2.28. The molecule has 9 heteroatoms. The highest BCUT2D eigenvalue weighted by Gasteiger charge is 2.37. The van der Waals surface area contributed by atoms with Gasteiger partial charge in [-0.25, -0.2) is 4.39 Å². The van der Waals surface area contributed by atoms with Crippen LogP contribution >= 0.6 is 11.8 Å². The van der Waals surface area contributed by atoms with Gasteiger partial charge < -0.3 is 14.2 Å². The van der Waals surface area contributed by atoms with Crippen LogP contribution in [-0.4, -0.2) is 64.3 Å². The van der Waals surface area contributed by atoms with Crippen LogP contribution in [0.2, 0.25) is 0 Å². The minimum atomic E-state index is -0.525. The molecule has 2 fully saturated rings. The second-order valence-corrected chi connectivity index (χ2v) is 7.51. The zero-order valence-corrected chi connectivity index (χ0v) is 16.2. The summed E-state index contributed by atoms with van der Waals surface area (Å²) >= 11 is 0.773. The lowest BCUT2D eigenvalue weighted by Crippen LogP contribution is -2.46. The van der Waals surface area contributed by atoms with Crippen molar-refractivity contribution in [2.45, 2.75) is 0 Å². The molecule has 0 bridgehead atoms. The summed E-state index contributed by atoms with van der Waals surface area (Å²) in [4.78, 5) is 40.2. The van der Waals surface area contributed by atoms with Crippen LogP contribution in [0.1, 0.15) is 5.69 Å². The molecule has 4 rings (SSSR count). The van der Waals surface area contributed by atoms with Gasteiger partial charge >= 0.3 is 0 Å². The molecule has 0 radical (unpaired) electrons. The Labute approximate surface area is 170 Å². The second-order valence-electron chi connectivity index (χ2n) is 6.52. The van der Waals surface area contributed by atoms with Gasteiger partial charge in [-0.1, -0.05) is 12.1 Å². The van der Waals surface area contributed by atoms with E-state index >= 15 is 0 Å². The molecule has 29 heavy (non-hydrogen) atoms. The molecular weight excluding hydrogens is 397 g/mol. The summed E-state index contributed by atoms with van der Waals surface area (Å²) in [6.07, 6.45) is 3.22. The number of para-hydroxylation sites is 1. The first-order chi connectivity index (χ1) is 14.0. The van der Waals surface area contributed by atoms with Crippen molar-refractivity contribution in [2.24, 2.45) is 0 Å². The van der Waals surface area contributed by atoms with Gasteiger partial charge in [0.1, 0.15) is 12.4 Å². The molecule has 2 aliphatic heterocycles. The van der Waals surface area contributed by atoms with Gasteiger partial charge in [0.2, 0.25) is 5.91 Å². The molecule has 0 aliphatic carbocycles. The molecule has 2 aliphatic rings. The summed E-state index contributed by atoms with van der Waals surface area (Å²) < 4.78 is 21.0. The lowest BCUT2D eigenvalue weighted by atomic mass is 10.3. The van der Waals surface area contributed by atoms with Crippen LogP contribution < -0.4 is 0 Å². The van der Waals surface area contributed by atoms with E-state index in [4.69, 9.17) is 4.74 Å². The average Bonchev–Trinajstić information content (AvgIpc) is 3.29. The number of hydrogen-bond acceptors (Lipinski definition) is 5. The van der Waals surface area contributed by atoms with E-state index in [2.05, 4.69) is 0 Å². The van der Waals surface area contributed by atoms with E-state index in [9.17, 15) is 18.8 Å². The van der Waals surface area contributed by atoms with Gasteiger partial charge in [-0.05, 0) is 42.1 Å². The maximum Gasteiger partial charge on any atom is 0.294 e. The Morgan fingerprint density at radius 2 is 1.90 bits per heavy atom. The number of aromatic nitrogens is 1. The van der Waals surface area contributed by atoms with Crippen LogP contribution in [0, 0.1) is 5.82 Å². The molecule has 0 atom stereocenters. The highest BCUT2D eigenvalue weighted by molar-refractivity contribution is 8.18. The summed E-state index contributed by atoms with van der Waals surface area (Å²) in [5, 5.41) is -0.494. The maximum atomic E-state index is 14.1. The molecule has 3 heterocycles. The number of amides is 3. The van der Waals surface area contributed by atoms with Crippen molar-refractivity contribution >= 4 is 34.9 Å². The summed E-state index contributed by atoms with van der Waals surface area (Å²) in [5.74, 6) is -1.21. The summed E-state index contributed by atoms with van der Waals surface area (Å²) in [6, 6.07) is 9.74. The van der Waals surface area contributed by atoms with Crippen LogP contribution in [0.5, 0.6) is 0 Å². The Kier molecular flexibility index (Phi) is 5.50. The largest absolute Gasteiger partial charge is 0.378 e. The number of nitrogens with zero attached hydrogens (tertiary/aromatic N) is 3. The number of rotatable bonds is 4. The number of morpholine rings is 1. The van der Waals surface area contributed by atoms with Crippen LogP contribution in [0.3, 0.4) is 0 Å². The number of halogens is 1.